The van der Waals surface area contributed by atoms with Crippen LogP contribution in [0.5, 0.6) is 5.75 Å². The second kappa shape index (κ2) is 11.6. The number of alkyl halides is 2. The fraction of sp³-hybridized carbons (Fsp3) is 0.310. The highest BCUT2D eigenvalue weighted by atomic mass is 19.3. The molecule has 0 N–H and O–H groups in total. The van der Waals surface area contributed by atoms with Crippen LogP contribution in [-0.2, 0) is 4.74 Å². The summed E-state index contributed by atoms with van der Waals surface area (Å²) in [4.78, 5) is 0. The van der Waals surface area contributed by atoms with Crippen LogP contribution in [0.2, 0.25) is 0 Å². The van der Waals surface area contributed by atoms with Crippen molar-refractivity contribution in [2.24, 2.45) is 5.92 Å². The number of ether oxygens (including phenoxy) is 2. The van der Waals surface area contributed by atoms with Gasteiger partial charge in [-0.2, -0.15) is 8.78 Å². The summed E-state index contributed by atoms with van der Waals surface area (Å²) in [5, 5.41) is 0. The second-order valence-electron chi connectivity index (χ2n) is 9.23. The maximum Gasteiger partial charge on any atom is 0.419 e. The number of hydrogen-bond donors (Lipinski definition) is 0. The largest absolute Gasteiger partial charge is 0.429 e. The van der Waals surface area contributed by atoms with Gasteiger partial charge in [0.25, 0.3) is 0 Å². The molecule has 2 unspecified atom stereocenters. The molecule has 3 aromatic rings. The van der Waals surface area contributed by atoms with Gasteiger partial charge in [-0.05, 0) is 60.1 Å². The van der Waals surface area contributed by atoms with E-state index in [0.717, 1.165) is 43.4 Å². The molecule has 9 heteroatoms. The Kier molecular flexibility index (Phi) is 8.45. The van der Waals surface area contributed by atoms with Gasteiger partial charge < -0.3 is 9.47 Å². The molecule has 2 nitrogen and oxygen atoms in total. The summed E-state index contributed by atoms with van der Waals surface area (Å²) in [5.41, 5.74) is 0.932. The zero-order valence-corrected chi connectivity index (χ0v) is 20.4. The van der Waals surface area contributed by atoms with E-state index < -0.39 is 46.5 Å². The average Bonchev–Trinajstić information content (AvgIpc) is 2.87. The first-order valence-electron chi connectivity index (χ1n) is 12.2. The third kappa shape index (κ3) is 6.56. The summed E-state index contributed by atoms with van der Waals surface area (Å²) in [6, 6.07) is 9.57. The van der Waals surface area contributed by atoms with Crippen LogP contribution in [0.3, 0.4) is 0 Å². The van der Waals surface area contributed by atoms with Gasteiger partial charge in [0.15, 0.2) is 17.5 Å². The van der Waals surface area contributed by atoms with E-state index in [0.29, 0.717) is 24.2 Å². The van der Waals surface area contributed by atoms with Gasteiger partial charge in [0.05, 0.1) is 12.7 Å². The molecular formula is C29H25F7O2. The minimum absolute atomic E-state index is 0.0252. The van der Waals surface area contributed by atoms with E-state index in [9.17, 15) is 30.7 Å². The van der Waals surface area contributed by atoms with Crippen LogP contribution < -0.4 is 4.74 Å². The Morgan fingerprint density at radius 2 is 1.50 bits per heavy atom. The first-order valence-corrected chi connectivity index (χ1v) is 12.2. The summed E-state index contributed by atoms with van der Waals surface area (Å²) in [5.74, 6) is -7.96. The molecule has 1 fully saturated rings. The van der Waals surface area contributed by atoms with E-state index in [1.165, 1.54) is 0 Å². The highest BCUT2D eigenvalue weighted by molar-refractivity contribution is 5.67. The summed E-state index contributed by atoms with van der Waals surface area (Å²) in [6.07, 6.45) is 0.460. The minimum atomic E-state index is -4.21. The Morgan fingerprint density at radius 3 is 2.05 bits per heavy atom. The average molecular weight is 539 g/mol. The van der Waals surface area contributed by atoms with E-state index in [1.807, 2.05) is 12.1 Å². The van der Waals surface area contributed by atoms with Crippen LogP contribution >= 0.6 is 0 Å². The van der Waals surface area contributed by atoms with Crippen LogP contribution in [0.1, 0.15) is 49.8 Å². The number of halogens is 7. The maximum absolute atomic E-state index is 14.7. The minimum Gasteiger partial charge on any atom is -0.429 e. The quantitative estimate of drug-likeness (QED) is 0.211. The Morgan fingerprint density at radius 1 is 0.868 bits per heavy atom. The van der Waals surface area contributed by atoms with Gasteiger partial charge in [0.1, 0.15) is 17.4 Å². The molecule has 1 aliphatic rings. The van der Waals surface area contributed by atoms with Gasteiger partial charge in [0.2, 0.25) is 0 Å². The predicted octanol–water partition coefficient (Wildman–Crippen LogP) is 9.00. The molecule has 4 rings (SSSR count). The molecule has 0 amide bonds. The normalized spacial score (nSPS) is 18.2. The molecule has 1 aliphatic heterocycles. The molecule has 2 atom stereocenters. The zero-order chi connectivity index (χ0) is 27.4. The summed E-state index contributed by atoms with van der Waals surface area (Å²) >= 11 is 0. The Hall–Kier alpha value is -3.33. The lowest BCUT2D eigenvalue weighted by Crippen LogP contribution is -2.21. The number of rotatable bonds is 8. The van der Waals surface area contributed by atoms with Crippen LogP contribution in [0.4, 0.5) is 30.7 Å². The summed E-state index contributed by atoms with van der Waals surface area (Å²) < 4.78 is 107. The maximum atomic E-state index is 14.7. The molecule has 0 bridgehead atoms. The van der Waals surface area contributed by atoms with Crippen LogP contribution in [0.25, 0.3) is 17.2 Å². The van der Waals surface area contributed by atoms with E-state index in [2.05, 4.69) is 11.7 Å². The van der Waals surface area contributed by atoms with E-state index >= 15 is 0 Å². The van der Waals surface area contributed by atoms with Gasteiger partial charge >= 0.3 is 6.11 Å². The smallest absolute Gasteiger partial charge is 0.419 e. The van der Waals surface area contributed by atoms with E-state index in [4.69, 9.17) is 4.74 Å². The van der Waals surface area contributed by atoms with Crippen molar-refractivity contribution in [3.05, 3.63) is 94.8 Å². The summed E-state index contributed by atoms with van der Waals surface area (Å²) in [6.45, 7) is 2.85. The van der Waals surface area contributed by atoms with Crippen molar-refractivity contribution < 1.29 is 40.2 Å². The third-order valence-corrected chi connectivity index (χ3v) is 6.42. The van der Waals surface area contributed by atoms with Crippen molar-refractivity contribution >= 4 is 6.08 Å². The molecule has 0 aliphatic carbocycles. The number of hydrogen-bond acceptors (Lipinski definition) is 2. The highest BCUT2D eigenvalue weighted by Crippen LogP contribution is 2.34. The van der Waals surface area contributed by atoms with Crippen molar-refractivity contribution in [3.8, 4) is 16.9 Å². The van der Waals surface area contributed by atoms with Crippen molar-refractivity contribution in [1.29, 1.82) is 0 Å². The lowest BCUT2D eigenvalue weighted by atomic mass is 9.91. The SMILES string of the molecule is CCCC1CCC(c2ccc(-c3cc(F)c(/C=C/C(F)(F)Oc4cc(F)c(F)c(F)c4)c(F)c3)cc2)OC1. The Balaban J connectivity index is 1.46. The van der Waals surface area contributed by atoms with Gasteiger partial charge in [-0.15, -0.1) is 0 Å². The lowest BCUT2D eigenvalue weighted by Gasteiger charge is -2.29. The van der Waals surface area contributed by atoms with E-state index in [-0.39, 0.29) is 29.9 Å². The van der Waals surface area contributed by atoms with Gasteiger partial charge in [-0.3, -0.25) is 0 Å². The summed E-state index contributed by atoms with van der Waals surface area (Å²) in [7, 11) is 0. The molecule has 3 aromatic carbocycles. The standard InChI is InChI=1S/C29H25F7O2/c1-2-3-17-4-9-27(37-16-17)19-7-5-18(6-8-19)20-12-23(30)22(24(31)13-20)10-11-29(35,36)38-21-14-25(32)28(34)26(33)15-21/h5-8,10-15,17,27H,2-4,9,16H2,1H3/b11-10+. The molecule has 0 saturated carbocycles. The van der Waals surface area contributed by atoms with Crippen LogP contribution in [0, 0.1) is 35.0 Å². The van der Waals surface area contributed by atoms with Gasteiger partial charge in [0, 0.05) is 23.8 Å². The first kappa shape index (κ1) is 27.7. The van der Waals surface area contributed by atoms with Crippen LogP contribution in [0.15, 0.2) is 54.6 Å². The first-order chi connectivity index (χ1) is 18.1. The lowest BCUT2D eigenvalue weighted by molar-refractivity contribution is -0.131. The fourth-order valence-corrected chi connectivity index (χ4v) is 4.47. The van der Waals surface area contributed by atoms with Crippen molar-refractivity contribution in [3.63, 3.8) is 0 Å². The zero-order valence-electron chi connectivity index (χ0n) is 20.4. The number of benzene rings is 3. The molecule has 1 heterocycles. The van der Waals surface area contributed by atoms with Crippen molar-refractivity contribution in [2.45, 2.75) is 44.8 Å². The molecule has 0 spiro atoms. The van der Waals surface area contributed by atoms with Crippen LogP contribution in [-0.4, -0.2) is 12.7 Å². The second-order valence-corrected chi connectivity index (χ2v) is 9.23. The van der Waals surface area contributed by atoms with E-state index in [1.54, 1.807) is 12.1 Å². The molecule has 202 valence electrons. The van der Waals surface area contributed by atoms with Gasteiger partial charge in [-0.1, -0.05) is 37.6 Å². The molecule has 38 heavy (non-hydrogen) atoms. The van der Waals surface area contributed by atoms with Crippen molar-refractivity contribution in [1.82, 2.24) is 0 Å². The molecule has 0 radical (unpaired) electrons. The fourth-order valence-electron chi connectivity index (χ4n) is 4.47. The monoisotopic (exact) mass is 538 g/mol. The Bertz CT molecular complexity index is 1250. The predicted molar refractivity (Wildman–Crippen MR) is 129 cm³/mol. The van der Waals surface area contributed by atoms with Gasteiger partial charge in [-0.25, -0.2) is 22.0 Å². The third-order valence-electron chi connectivity index (χ3n) is 6.42. The molecule has 0 aromatic heterocycles. The molecular weight excluding hydrogens is 513 g/mol. The van der Waals surface area contributed by atoms with Crippen molar-refractivity contribution in [2.75, 3.05) is 6.61 Å². The highest BCUT2D eigenvalue weighted by Gasteiger charge is 2.29. The Labute approximate surface area is 215 Å². The molecule has 1 saturated heterocycles. The topological polar surface area (TPSA) is 18.5 Å².